The van der Waals surface area contributed by atoms with Crippen LogP contribution in [0.2, 0.25) is 0 Å². The van der Waals surface area contributed by atoms with E-state index in [2.05, 4.69) is 5.32 Å². The minimum absolute atomic E-state index is 0.359. The quantitative estimate of drug-likeness (QED) is 0.640. The third kappa shape index (κ3) is 1.91. The predicted molar refractivity (Wildman–Crippen MR) is 49.5 cm³/mol. The zero-order chi connectivity index (χ0) is 9.42. The van der Waals surface area contributed by atoms with Crippen LogP contribution in [0.15, 0.2) is 11.1 Å². The molecule has 2 unspecified atom stereocenters. The van der Waals surface area contributed by atoms with Gasteiger partial charge in [-0.15, -0.1) is 0 Å². The summed E-state index contributed by atoms with van der Waals surface area (Å²) >= 11 is 0. The summed E-state index contributed by atoms with van der Waals surface area (Å²) in [5, 5.41) is 11.6. The van der Waals surface area contributed by atoms with Crippen molar-refractivity contribution < 1.29 is 9.90 Å². The number of carboxylic acids is 1. The smallest absolute Gasteiger partial charge is 0.320 e. The van der Waals surface area contributed by atoms with Gasteiger partial charge in [-0.3, -0.25) is 4.79 Å². The molecule has 0 heterocycles. The van der Waals surface area contributed by atoms with Crippen molar-refractivity contribution in [1.82, 2.24) is 5.32 Å². The number of carbonyl (C=O) groups is 1. The topological polar surface area (TPSA) is 49.3 Å². The number of likely N-dealkylation sites (N-methyl/N-ethyl adjacent to an activating group) is 1. The van der Waals surface area contributed by atoms with Gasteiger partial charge >= 0.3 is 5.97 Å². The maximum atomic E-state index is 10.7. The van der Waals surface area contributed by atoms with Gasteiger partial charge in [0.2, 0.25) is 0 Å². The Bertz CT molecular complexity index is 264. The second-order valence-electron chi connectivity index (χ2n) is 3.95. The van der Waals surface area contributed by atoms with Crippen LogP contribution in [-0.2, 0) is 4.79 Å². The first kappa shape index (κ1) is 8.75. The van der Waals surface area contributed by atoms with Crippen LogP contribution < -0.4 is 5.32 Å². The van der Waals surface area contributed by atoms with E-state index in [1.807, 2.05) is 0 Å². The Morgan fingerprint density at radius 2 is 2.38 bits per heavy atom. The first-order chi connectivity index (χ1) is 6.22. The van der Waals surface area contributed by atoms with Crippen molar-refractivity contribution >= 4 is 5.97 Å². The molecular formula is C10H15NO2. The molecular weight excluding hydrogens is 166 g/mol. The highest BCUT2D eigenvalue weighted by molar-refractivity contribution is 5.73. The van der Waals surface area contributed by atoms with Crippen LogP contribution in [-0.4, -0.2) is 24.2 Å². The van der Waals surface area contributed by atoms with E-state index in [9.17, 15) is 4.79 Å². The lowest BCUT2D eigenvalue weighted by Crippen LogP contribution is -2.34. The van der Waals surface area contributed by atoms with Gasteiger partial charge in [0.1, 0.15) is 6.04 Å². The Balaban J connectivity index is 1.85. The zero-order valence-electron chi connectivity index (χ0n) is 7.84. The van der Waals surface area contributed by atoms with E-state index < -0.39 is 5.97 Å². The standard InChI is InChI=1S/C10H15NO2/c1-11-9(10(12)13)5-7-4-8(7)6-2-3-6/h7,9,11H,2-5H2,1H3,(H,12,13). The molecule has 0 radical (unpaired) electrons. The van der Waals surface area contributed by atoms with E-state index in [1.54, 1.807) is 18.2 Å². The van der Waals surface area contributed by atoms with Gasteiger partial charge in [0.25, 0.3) is 0 Å². The van der Waals surface area contributed by atoms with Crippen LogP contribution in [0.3, 0.4) is 0 Å². The van der Waals surface area contributed by atoms with Crippen molar-refractivity contribution in [1.29, 1.82) is 0 Å². The van der Waals surface area contributed by atoms with E-state index in [0.29, 0.717) is 5.92 Å². The molecule has 0 saturated heterocycles. The number of hydrogen-bond donors (Lipinski definition) is 2. The fourth-order valence-electron chi connectivity index (χ4n) is 1.88. The van der Waals surface area contributed by atoms with Gasteiger partial charge in [-0.05, 0) is 38.6 Å². The zero-order valence-corrected chi connectivity index (χ0v) is 7.84. The lowest BCUT2D eigenvalue weighted by molar-refractivity contribution is -0.139. The summed E-state index contributed by atoms with van der Waals surface area (Å²) in [6, 6.07) is -0.359. The van der Waals surface area contributed by atoms with E-state index in [-0.39, 0.29) is 6.04 Å². The fraction of sp³-hybridized carbons (Fsp3) is 0.700. The average molecular weight is 181 g/mol. The summed E-state index contributed by atoms with van der Waals surface area (Å²) in [4.78, 5) is 10.7. The van der Waals surface area contributed by atoms with E-state index in [0.717, 1.165) is 12.8 Å². The summed E-state index contributed by atoms with van der Waals surface area (Å²) in [6.45, 7) is 0. The highest BCUT2D eigenvalue weighted by Crippen LogP contribution is 2.50. The Hall–Kier alpha value is -0.830. The van der Waals surface area contributed by atoms with Crippen LogP contribution in [0.1, 0.15) is 25.7 Å². The molecule has 2 saturated carbocycles. The number of allylic oxidation sites excluding steroid dienone is 2. The molecule has 0 aromatic carbocycles. The molecule has 72 valence electrons. The van der Waals surface area contributed by atoms with Crippen LogP contribution in [0, 0.1) is 5.92 Å². The van der Waals surface area contributed by atoms with Gasteiger partial charge in [0, 0.05) is 0 Å². The fourth-order valence-corrected chi connectivity index (χ4v) is 1.88. The van der Waals surface area contributed by atoms with E-state index in [1.165, 1.54) is 12.8 Å². The van der Waals surface area contributed by atoms with Gasteiger partial charge < -0.3 is 10.4 Å². The van der Waals surface area contributed by atoms with E-state index in [4.69, 9.17) is 5.11 Å². The molecule has 2 atom stereocenters. The van der Waals surface area contributed by atoms with Crippen molar-refractivity contribution in [3.05, 3.63) is 11.1 Å². The monoisotopic (exact) mass is 181 g/mol. The second-order valence-corrected chi connectivity index (χ2v) is 3.95. The molecule has 0 bridgehead atoms. The highest BCUT2D eigenvalue weighted by Gasteiger charge is 2.38. The summed E-state index contributed by atoms with van der Waals surface area (Å²) in [5.41, 5.74) is 3.16. The van der Waals surface area contributed by atoms with Crippen LogP contribution in [0.5, 0.6) is 0 Å². The normalized spacial score (nSPS) is 27.3. The lowest BCUT2D eigenvalue weighted by atomic mass is 10.1. The van der Waals surface area contributed by atoms with Gasteiger partial charge in [-0.25, -0.2) is 0 Å². The van der Waals surface area contributed by atoms with Gasteiger partial charge in [0.15, 0.2) is 0 Å². The minimum atomic E-state index is -0.727. The summed E-state index contributed by atoms with van der Waals surface area (Å²) in [7, 11) is 1.71. The van der Waals surface area contributed by atoms with Gasteiger partial charge in [-0.1, -0.05) is 11.1 Å². The number of aliphatic carboxylic acids is 1. The van der Waals surface area contributed by atoms with Gasteiger partial charge in [-0.2, -0.15) is 0 Å². The molecule has 0 aromatic rings. The molecule has 2 aliphatic rings. The van der Waals surface area contributed by atoms with Crippen LogP contribution in [0.25, 0.3) is 0 Å². The van der Waals surface area contributed by atoms with Crippen molar-refractivity contribution in [2.24, 2.45) is 5.92 Å². The third-order valence-corrected chi connectivity index (χ3v) is 2.92. The Labute approximate surface area is 77.8 Å². The lowest BCUT2D eigenvalue weighted by Gasteiger charge is -2.08. The predicted octanol–water partition coefficient (Wildman–Crippen LogP) is 1.16. The van der Waals surface area contributed by atoms with Crippen LogP contribution in [0.4, 0.5) is 0 Å². The number of nitrogens with one attached hydrogen (secondary N) is 1. The minimum Gasteiger partial charge on any atom is -0.480 e. The van der Waals surface area contributed by atoms with Crippen molar-refractivity contribution in [2.45, 2.75) is 31.7 Å². The number of carboxylic acid groups (broad SMARTS) is 1. The maximum Gasteiger partial charge on any atom is 0.320 e. The average Bonchev–Trinajstić information content (AvgIpc) is 2.92. The first-order valence-corrected chi connectivity index (χ1v) is 4.83. The molecule has 3 nitrogen and oxygen atoms in total. The Morgan fingerprint density at radius 3 is 2.85 bits per heavy atom. The van der Waals surface area contributed by atoms with Crippen molar-refractivity contribution in [3.63, 3.8) is 0 Å². The third-order valence-electron chi connectivity index (χ3n) is 2.92. The molecule has 0 spiro atoms. The molecule has 2 fully saturated rings. The van der Waals surface area contributed by atoms with Gasteiger partial charge in [0.05, 0.1) is 0 Å². The SMILES string of the molecule is CNC(CC1CC1=C1CC1)C(=O)O. The maximum absolute atomic E-state index is 10.7. The highest BCUT2D eigenvalue weighted by atomic mass is 16.4. The number of rotatable bonds is 4. The van der Waals surface area contributed by atoms with Crippen molar-refractivity contribution in [3.8, 4) is 0 Å². The molecule has 0 aliphatic heterocycles. The molecule has 2 N–H and O–H groups in total. The second kappa shape index (κ2) is 3.14. The molecule has 2 rings (SSSR count). The summed E-state index contributed by atoms with van der Waals surface area (Å²) < 4.78 is 0. The largest absolute Gasteiger partial charge is 0.480 e. The summed E-state index contributed by atoms with van der Waals surface area (Å²) in [5.74, 6) is -0.152. The number of hydrogen-bond acceptors (Lipinski definition) is 2. The van der Waals surface area contributed by atoms with Crippen LogP contribution >= 0.6 is 0 Å². The molecule has 13 heavy (non-hydrogen) atoms. The van der Waals surface area contributed by atoms with E-state index >= 15 is 0 Å². The van der Waals surface area contributed by atoms with Crippen molar-refractivity contribution in [2.75, 3.05) is 7.05 Å². The molecule has 3 heteroatoms. The first-order valence-electron chi connectivity index (χ1n) is 4.83. The Kier molecular flexibility index (Phi) is 2.12. The Morgan fingerprint density at radius 1 is 1.69 bits per heavy atom. The molecule has 2 aliphatic carbocycles. The molecule has 0 amide bonds. The molecule has 0 aromatic heterocycles. The summed E-state index contributed by atoms with van der Waals surface area (Å²) in [6.07, 6.45) is 4.46.